The van der Waals surface area contributed by atoms with Crippen molar-refractivity contribution in [2.75, 3.05) is 11.1 Å². The van der Waals surface area contributed by atoms with Crippen LogP contribution in [0.15, 0.2) is 51.4 Å². The molecule has 0 bridgehead atoms. The van der Waals surface area contributed by atoms with Crippen LogP contribution in [0.4, 0.5) is 11.4 Å². The van der Waals surface area contributed by atoms with Gasteiger partial charge in [-0.05, 0) is 57.7 Å². The minimum atomic E-state index is -0.0156. The van der Waals surface area contributed by atoms with E-state index >= 15 is 0 Å². The summed E-state index contributed by atoms with van der Waals surface area (Å²) in [5.41, 5.74) is 8.27. The van der Waals surface area contributed by atoms with Crippen molar-refractivity contribution in [3.05, 3.63) is 57.0 Å². The van der Waals surface area contributed by atoms with E-state index in [1.165, 1.54) is 0 Å². The molecule has 3 nitrogen and oxygen atoms in total. The number of carbonyl (C=O) groups excluding carboxylic acids is 1. The summed E-state index contributed by atoms with van der Waals surface area (Å²) >= 11 is 6.83. The number of nitrogens with two attached hydrogens (primary N) is 1. The van der Waals surface area contributed by atoms with E-state index in [-0.39, 0.29) is 11.8 Å². The molecule has 0 aliphatic carbocycles. The third-order valence-corrected chi connectivity index (χ3v) is 4.38. The number of hydrogen-bond donors (Lipinski definition) is 2. The molecule has 1 atom stereocenters. The summed E-state index contributed by atoms with van der Waals surface area (Å²) in [6.45, 7) is 2.03. The van der Waals surface area contributed by atoms with Gasteiger partial charge in [0.05, 0.1) is 5.69 Å². The van der Waals surface area contributed by atoms with Gasteiger partial charge in [-0.1, -0.05) is 35.0 Å². The molecule has 0 aromatic heterocycles. The van der Waals surface area contributed by atoms with Crippen LogP contribution in [0, 0.1) is 0 Å². The average molecular weight is 412 g/mol. The van der Waals surface area contributed by atoms with E-state index in [0.29, 0.717) is 6.42 Å². The molecule has 0 heterocycles. The van der Waals surface area contributed by atoms with Gasteiger partial charge in [-0.15, -0.1) is 0 Å². The van der Waals surface area contributed by atoms with Crippen LogP contribution in [0.3, 0.4) is 0 Å². The Bertz CT molecular complexity index is 641. The molecular weight excluding hydrogens is 396 g/mol. The zero-order valence-corrected chi connectivity index (χ0v) is 14.7. The SMILES string of the molecule is CC(CC(=O)Nc1cc(Br)ccc1Br)c1ccc(N)cc1. The van der Waals surface area contributed by atoms with Crippen LogP contribution in [0.25, 0.3) is 0 Å². The molecule has 5 heteroatoms. The molecule has 1 unspecified atom stereocenters. The van der Waals surface area contributed by atoms with Gasteiger partial charge in [-0.25, -0.2) is 0 Å². The van der Waals surface area contributed by atoms with Crippen LogP contribution in [0.2, 0.25) is 0 Å². The van der Waals surface area contributed by atoms with Crippen LogP contribution < -0.4 is 11.1 Å². The molecule has 0 fully saturated rings. The Morgan fingerprint density at radius 3 is 2.52 bits per heavy atom. The lowest BCUT2D eigenvalue weighted by Crippen LogP contribution is -2.14. The van der Waals surface area contributed by atoms with Gasteiger partial charge in [-0.3, -0.25) is 4.79 Å². The lowest BCUT2D eigenvalue weighted by atomic mass is 9.97. The lowest BCUT2D eigenvalue weighted by Gasteiger charge is -2.13. The molecule has 2 aromatic carbocycles. The van der Waals surface area contributed by atoms with E-state index in [1.807, 2.05) is 49.4 Å². The summed E-state index contributed by atoms with van der Waals surface area (Å²) < 4.78 is 1.78. The summed E-state index contributed by atoms with van der Waals surface area (Å²) in [7, 11) is 0. The van der Waals surface area contributed by atoms with Crippen molar-refractivity contribution in [3.8, 4) is 0 Å². The summed E-state index contributed by atoms with van der Waals surface area (Å²) in [6.07, 6.45) is 0.420. The van der Waals surface area contributed by atoms with Crippen molar-refractivity contribution in [2.45, 2.75) is 19.3 Å². The molecule has 0 saturated carbocycles. The first-order valence-electron chi connectivity index (χ1n) is 6.56. The Balaban J connectivity index is 2.01. The summed E-state index contributed by atoms with van der Waals surface area (Å²) in [6, 6.07) is 13.3. The highest BCUT2D eigenvalue weighted by Crippen LogP contribution is 2.27. The number of rotatable bonds is 4. The van der Waals surface area contributed by atoms with E-state index < -0.39 is 0 Å². The summed E-state index contributed by atoms with van der Waals surface area (Å²) in [4.78, 5) is 12.2. The first-order chi connectivity index (χ1) is 9.95. The predicted octanol–water partition coefficient (Wildman–Crippen LogP) is 4.93. The van der Waals surface area contributed by atoms with Crippen molar-refractivity contribution < 1.29 is 4.79 Å². The van der Waals surface area contributed by atoms with Gasteiger partial charge in [0.25, 0.3) is 0 Å². The smallest absolute Gasteiger partial charge is 0.225 e. The topological polar surface area (TPSA) is 55.1 Å². The molecule has 0 radical (unpaired) electrons. The molecule has 0 aliphatic rings. The standard InChI is InChI=1S/C16H16Br2N2O/c1-10(11-2-5-13(19)6-3-11)8-16(21)20-15-9-12(17)4-7-14(15)18/h2-7,9-10H,8,19H2,1H3,(H,20,21). The molecule has 0 spiro atoms. The fraction of sp³-hybridized carbons (Fsp3) is 0.188. The Morgan fingerprint density at radius 2 is 1.86 bits per heavy atom. The van der Waals surface area contributed by atoms with Crippen LogP contribution in [-0.2, 0) is 4.79 Å². The van der Waals surface area contributed by atoms with Crippen molar-refractivity contribution in [2.24, 2.45) is 0 Å². The fourth-order valence-electron chi connectivity index (χ4n) is 2.02. The average Bonchev–Trinajstić information content (AvgIpc) is 2.43. The Labute approximate surface area is 141 Å². The van der Waals surface area contributed by atoms with Gasteiger partial charge in [0.1, 0.15) is 0 Å². The van der Waals surface area contributed by atoms with Gasteiger partial charge in [0.2, 0.25) is 5.91 Å². The molecule has 0 aliphatic heterocycles. The molecule has 2 aromatic rings. The first kappa shape index (κ1) is 16.0. The third kappa shape index (κ3) is 4.58. The maximum atomic E-state index is 12.2. The van der Waals surface area contributed by atoms with Crippen molar-refractivity contribution in [3.63, 3.8) is 0 Å². The highest BCUT2D eigenvalue weighted by molar-refractivity contribution is 9.11. The predicted molar refractivity (Wildman–Crippen MR) is 94.4 cm³/mol. The van der Waals surface area contributed by atoms with E-state index in [0.717, 1.165) is 25.9 Å². The van der Waals surface area contributed by atoms with E-state index in [1.54, 1.807) is 0 Å². The molecule has 0 saturated heterocycles. The number of benzene rings is 2. The molecule has 110 valence electrons. The van der Waals surface area contributed by atoms with Crippen LogP contribution in [0.5, 0.6) is 0 Å². The second-order valence-corrected chi connectivity index (χ2v) is 6.71. The number of nitrogen functional groups attached to an aromatic ring is 1. The van der Waals surface area contributed by atoms with Gasteiger partial charge in [0.15, 0.2) is 0 Å². The molecule has 21 heavy (non-hydrogen) atoms. The van der Waals surface area contributed by atoms with Gasteiger partial charge in [0, 0.05) is 21.1 Å². The van der Waals surface area contributed by atoms with Gasteiger partial charge >= 0.3 is 0 Å². The highest BCUT2D eigenvalue weighted by atomic mass is 79.9. The fourth-order valence-corrected chi connectivity index (χ4v) is 2.72. The third-order valence-electron chi connectivity index (χ3n) is 3.20. The van der Waals surface area contributed by atoms with Crippen LogP contribution in [-0.4, -0.2) is 5.91 Å². The Hall–Kier alpha value is -1.33. The number of carbonyl (C=O) groups is 1. The Morgan fingerprint density at radius 1 is 1.19 bits per heavy atom. The quantitative estimate of drug-likeness (QED) is 0.701. The normalized spacial score (nSPS) is 12.0. The number of hydrogen-bond acceptors (Lipinski definition) is 2. The van der Waals surface area contributed by atoms with Crippen molar-refractivity contribution in [1.82, 2.24) is 0 Å². The minimum Gasteiger partial charge on any atom is -0.399 e. The van der Waals surface area contributed by atoms with E-state index in [2.05, 4.69) is 37.2 Å². The monoisotopic (exact) mass is 410 g/mol. The van der Waals surface area contributed by atoms with Crippen molar-refractivity contribution >= 4 is 49.1 Å². The lowest BCUT2D eigenvalue weighted by molar-refractivity contribution is -0.116. The number of anilines is 2. The van der Waals surface area contributed by atoms with Crippen LogP contribution >= 0.6 is 31.9 Å². The number of halogens is 2. The maximum absolute atomic E-state index is 12.2. The first-order valence-corrected chi connectivity index (χ1v) is 8.14. The van der Waals surface area contributed by atoms with E-state index in [9.17, 15) is 4.79 Å². The van der Waals surface area contributed by atoms with Crippen molar-refractivity contribution in [1.29, 1.82) is 0 Å². The molecule has 1 amide bonds. The summed E-state index contributed by atoms with van der Waals surface area (Å²) in [5.74, 6) is 0.120. The molecular formula is C16H16Br2N2O. The second kappa shape index (κ2) is 7.09. The number of amides is 1. The minimum absolute atomic E-state index is 0.0156. The molecule has 3 N–H and O–H groups in total. The zero-order valence-electron chi connectivity index (χ0n) is 11.6. The Kier molecular flexibility index (Phi) is 5.42. The van der Waals surface area contributed by atoms with Gasteiger partial charge < -0.3 is 11.1 Å². The van der Waals surface area contributed by atoms with Crippen LogP contribution in [0.1, 0.15) is 24.8 Å². The second-order valence-electron chi connectivity index (χ2n) is 4.94. The van der Waals surface area contributed by atoms with E-state index in [4.69, 9.17) is 5.73 Å². The summed E-state index contributed by atoms with van der Waals surface area (Å²) in [5, 5.41) is 2.92. The largest absolute Gasteiger partial charge is 0.399 e. The number of nitrogens with one attached hydrogen (secondary N) is 1. The highest BCUT2D eigenvalue weighted by Gasteiger charge is 2.12. The van der Waals surface area contributed by atoms with Gasteiger partial charge in [-0.2, -0.15) is 0 Å². The zero-order chi connectivity index (χ0) is 15.4. The molecule has 2 rings (SSSR count). The maximum Gasteiger partial charge on any atom is 0.225 e.